The Morgan fingerprint density at radius 2 is 2.22 bits per heavy atom. The molecule has 0 aliphatic heterocycles. The Hall–Kier alpha value is -1.40. The van der Waals surface area contributed by atoms with E-state index in [1.54, 1.807) is 0 Å². The summed E-state index contributed by atoms with van der Waals surface area (Å²) in [6.07, 6.45) is 0.172. The first kappa shape index (κ1) is 14.7. The minimum Gasteiger partial charge on any atom is -0.434 e. The van der Waals surface area contributed by atoms with Gasteiger partial charge in [-0.05, 0) is 18.2 Å². The van der Waals surface area contributed by atoms with Crippen molar-refractivity contribution in [3.05, 3.63) is 28.8 Å². The molecule has 3 N–H and O–H groups in total. The fraction of sp³-hybridized carbons (Fsp3) is 0.364. The SMILES string of the molecule is NC(=O)CCNCc1cc(Cl)ccc1OC(F)F. The number of nitrogens with two attached hydrogens (primary N) is 1. The van der Waals surface area contributed by atoms with Gasteiger partial charge in [-0.1, -0.05) is 11.6 Å². The van der Waals surface area contributed by atoms with E-state index in [0.29, 0.717) is 17.1 Å². The molecule has 0 heterocycles. The number of amides is 1. The first-order valence-electron chi connectivity index (χ1n) is 5.21. The van der Waals surface area contributed by atoms with E-state index in [0.717, 1.165) is 0 Å². The number of nitrogens with one attached hydrogen (secondary N) is 1. The van der Waals surface area contributed by atoms with Gasteiger partial charge in [-0.3, -0.25) is 4.79 Å². The molecule has 1 rings (SSSR count). The summed E-state index contributed by atoms with van der Waals surface area (Å²) in [6, 6.07) is 4.36. The molecule has 18 heavy (non-hydrogen) atoms. The number of rotatable bonds is 7. The van der Waals surface area contributed by atoms with Crippen LogP contribution in [0, 0.1) is 0 Å². The van der Waals surface area contributed by atoms with Gasteiger partial charge < -0.3 is 15.8 Å². The third-order valence-electron chi connectivity index (χ3n) is 2.10. The predicted molar refractivity (Wildman–Crippen MR) is 63.6 cm³/mol. The topological polar surface area (TPSA) is 64.4 Å². The molecule has 1 aromatic rings. The molecule has 0 bridgehead atoms. The van der Waals surface area contributed by atoms with Gasteiger partial charge in [0, 0.05) is 30.1 Å². The van der Waals surface area contributed by atoms with E-state index in [9.17, 15) is 13.6 Å². The summed E-state index contributed by atoms with van der Waals surface area (Å²) in [7, 11) is 0. The highest BCUT2D eigenvalue weighted by Gasteiger charge is 2.10. The van der Waals surface area contributed by atoms with Crippen molar-refractivity contribution in [1.29, 1.82) is 0 Å². The van der Waals surface area contributed by atoms with E-state index in [1.807, 2.05) is 0 Å². The van der Waals surface area contributed by atoms with Gasteiger partial charge in [0.2, 0.25) is 5.91 Å². The van der Waals surface area contributed by atoms with E-state index in [1.165, 1.54) is 18.2 Å². The summed E-state index contributed by atoms with van der Waals surface area (Å²) < 4.78 is 28.7. The Kier molecular flexibility index (Phi) is 5.80. The van der Waals surface area contributed by atoms with Crippen molar-refractivity contribution in [3.63, 3.8) is 0 Å². The lowest BCUT2D eigenvalue weighted by atomic mass is 10.2. The van der Waals surface area contributed by atoms with Gasteiger partial charge in [-0.2, -0.15) is 8.78 Å². The number of ether oxygens (including phenoxy) is 1. The number of hydrogen-bond acceptors (Lipinski definition) is 3. The standard InChI is InChI=1S/C11H13ClF2N2O2/c12-8-1-2-9(18-11(13)14)7(5-8)6-16-4-3-10(15)17/h1-2,5,11,16H,3-4,6H2,(H2,15,17). The van der Waals surface area contributed by atoms with Crippen LogP contribution < -0.4 is 15.8 Å². The molecule has 0 aliphatic rings. The molecule has 100 valence electrons. The maximum absolute atomic E-state index is 12.2. The van der Waals surface area contributed by atoms with Crippen molar-refractivity contribution in [2.45, 2.75) is 19.6 Å². The van der Waals surface area contributed by atoms with E-state index in [2.05, 4.69) is 10.1 Å². The minimum absolute atomic E-state index is 0.0565. The maximum Gasteiger partial charge on any atom is 0.387 e. The van der Waals surface area contributed by atoms with Crippen molar-refractivity contribution < 1.29 is 18.3 Å². The number of halogens is 3. The van der Waals surface area contributed by atoms with Gasteiger partial charge >= 0.3 is 6.61 Å². The molecule has 0 saturated heterocycles. The summed E-state index contributed by atoms with van der Waals surface area (Å²) >= 11 is 5.77. The predicted octanol–water partition coefficient (Wildman–Crippen LogP) is 1.91. The molecular formula is C11H13ClF2N2O2. The summed E-state index contributed by atoms with van der Waals surface area (Å²) in [6.45, 7) is -2.28. The lowest BCUT2D eigenvalue weighted by molar-refractivity contribution is -0.117. The van der Waals surface area contributed by atoms with Crippen LogP contribution in [0.4, 0.5) is 8.78 Å². The van der Waals surface area contributed by atoms with E-state index in [4.69, 9.17) is 17.3 Å². The summed E-state index contributed by atoms with van der Waals surface area (Å²) in [4.78, 5) is 10.5. The molecule has 4 nitrogen and oxygen atoms in total. The van der Waals surface area contributed by atoms with Gasteiger partial charge in [0.05, 0.1) is 0 Å². The highest BCUT2D eigenvalue weighted by Crippen LogP contribution is 2.24. The van der Waals surface area contributed by atoms with Crippen LogP contribution in [0.2, 0.25) is 5.02 Å². The molecule has 0 fully saturated rings. The Morgan fingerprint density at radius 3 is 2.83 bits per heavy atom. The molecule has 1 amide bonds. The van der Waals surface area contributed by atoms with Crippen LogP contribution in [-0.2, 0) is 11.3 Å². The van der Waals surface area contributed by atoms with E-state index in [-0.39, 0.29) is 18.7 Å². The van der Waals surface area contributed by atoms with Crippen LogP contribution in [0.25, 0.3) is 0 Å². The van der Waals surface area contributed by atoms with Crippen LogP contribution in [0.5, 0.6) is 5.75 Å². The van der Waals surface area contributed by atoms with Crippen molar-refractivity contribution in [2.24, 2.45) is 5.73 Å². The Labute approximate surface area is 108 Å². The smallest absolute Gasteiger partial charge is 0.387 e. The first-order valence-corrected chi connectivity index (χ1v) is 5.59. The Morgan fingerprint density at radius 1 is 1.50 bits per heavy atom. The van der Waals surface area contributed by atoms with Gasteiger partial charge in [-0.15, -0.1) is 0 Å². The molecule has 0 saturated carbocycles. The highest BCUT2D eigenvalue weighted by atomic mass is 35.5. The summed E-state index contributed by atoms with van der Waals surface area (Å²) in [5.74, 6) is -0.376. The quantitative estimate of drug-likeness (QED) is 0.749. The lowest BCUT2D eigenvalue weighted by Crippen LogP contribution is -2.22. The van der Waals surface area contributed by atoms with E-state index < -0.39 is 12.5 Å². The number of carbonyl (C=O) groups excluding carboxylic acids is 1. The zero-order chi connectivity index (χ0) is 13.5. The number of alkyl halides is 2. The fourth-order valence-corrected chi connectivity index (χ4v) is 1.53. The molecule has 0 atom stereocenters. The second-order valence-corrected chi connectivity index (χ2v) is 3.96. The fourth-order valence-electron chi connectivity index (χ4n) is 1.33. The van der Waals surface area contributed by atoms with Crippen LogP contribution in [0.1, 0.15) is 12.0 Å². The van der Waals surface area contributed by atoms with Crippen molar-refractivity contribution in [1.82, 2.24) is 5.32 Å². The van der Waals surface area contributed by atoms with Crippen LogP contribution >= 0.6 is 11.6 Å². The van der Waals surface area contributed by atoms with Crippen molar-refractivity contribution >= 4 is 17.5 Å². The Balaban J connectivity index is 2.61. The van der Waals surface area contributed by atoms with Gasteiger partial charge in [0.15, 0.2) is 0 Å². The van der Waals surface area contributed by atoms with Gasteiger partial charge in [0.25, 0.3) is 0 Å². The third-order valence-corrected chi connectivity index (χ3v) is 2.34. The van der Waals surface area contributed by atoms with E-state index >= 15 is 0 Å². The monoisotopic (exact) mass is 278 g/mol. The largest absolute Gasteiger partial charge is 0.434 e. The van der Waals surface area contributed by atoms with Gasteiger partial charge in [-0.25, -0.2) is 0 Å². The van der Waals surface area contributed by atoms with Crippen molar-refractivity contribution in [2.75, 3.05) is 6.54 Å². The molecule has 1 aromatic carbocycles. The van der Waals surface area contributed by atoms with Gasteiger partial charge in [0.1, 0.15) is 5.75 Å². The summed E-state index contributed by atoms with van der Waals surface area (Å²) in [5, 5.41) is 3.31. The molecule has 0 aromatic heterocycles. The minimum atomic E-state index is -2.89. The number of benzene rings is 1. The third kappa shape index (κ3) is 5.29. The molecule has 0 spiro atoms. The number of carbonyl (C=O) groups is 1. The zero-order valence-corrected chi connectivity index (χ0v) is 10.2. The first-order chi connectivity index (χ1) is 8.49. The van der Waals surface area contributed by atoms with Crippen LogP contribution in [0.15, 0.2) is 18.2 Å². The average molecular weight is 279 g/mol. The highest BCUT2D eigenvalue weighted by molar-refractivity contribution is 6.30. The molecular weight excluding hydrogens is 266 g/mol. The second kappa shape index (κ2) is 7.13. The summed E-state index contributed by atoms with van der Waals surface area (Å²) in [5.41, 5.74) is 5.46. The molecule has 0 unspecified atom stereocenters. The van der Waals surface area contributed by atoms with Crippen molar-refractivity contribution in [3.8, 4) is 5.75 Å². The average Bonchev–Trinajstić information content (AvgIpc) is 2.27. The molecule has 0 radical (unpaired) electrons. The van der Waals surface area contributed by atoms with Crippen LogP contribution in [0.3, 0.4) is 0 Å². The molecule has 0 aliphatic carbocycles. The molecule has 7 heteroatoms. The zero-order valence-electron chi connectivity index (χ0n) is 9.46. The lowest BCUT2D eigenvalue weighted by Gasteiger charge is -2.11. The normalized spacial score (nSPS) is 10.7. The number of hydrogen-bond donors (Lipinski definition) is 2. The maximum atomic E-state index is 12.2. The Bertz CT molecular complexity index is 416. The second-order valence-electron chi connectivity index (χ2n) is 3.52. The van der Waals surface area contributed by atoms with Crippen LogP contribution in [-0.4, -0.2) is 19.1 Å². The number of primary amides is 1.